The Kier molecular flexibility index (Phi) is 3.80. The van der Waals surface area contributed by atoms with E-state index in [1.165, 1.54) is 0 Å². The molecule has 6 nitrogen and oxygen atoms in total. The molecule has 3 N–H and O–H groups in total. The summed E-state index contributed by atoms with van der Waals surface area (Å²) in [5, 5.41) is 13.1. The molecular weight excluding hydrogens is 244 g/mol. The van der Waals surface area contributed by atoms with Gasteiger partial charge in [0.25, 0.3) is 0 Å². The van der Waals surface area contributed by atoms with Gasteiger partial charge in [-0.1, -0.05) is 0 Å². The summed E-state index contributed by atoms with van der Waals surface area (Å²) in [6.45, 7) is 8.33. The molecular formula is C13H22N4O2. The quantitative estimate of drug-likeness (QED) is 0.771. The highest BCUT2D eigenvalue weighted by atomic mass is 16.6. The molecule has 106 valence electrons. The molecule has 6 heteroatoms. The topological polar surface area (TPSA) is 79.0 Å². The molecule has 1 aromatic rings. The molecule has 2 atom stereocenters. The van der Waals surface area contributed by atoms with Crippen LogP contribution in [0.25, 0.3) is 0 Å². The van der Waals surface area contributed by atoms with Crippen molar-refractivity contribution in [2.24, 2.45) is 0 Å². The zero-order valence-corrected chi connectivity index (χ0v) is 11.9. The first kappa shape index (κ1) is 13.9. The minimum Gasteiger partial charge on any atom is -0.444 e. The predicted molar refractivity (Wildman–Crippen MR) is 71.7 cm³/mol. The average Bonchev–Trinajstić information content (AvgIpc) is 2.85. The van der Waals surface area contributed by atoms with Crippen molar-refractivity contribution < 1.29 is 9.53 Å². The van der Waals surface area contributed by atoms with Crippen molar-refractivity contribution in [1.82, 2.24) is 20.8 Å². The van der Waals surface area contributed by atoms with Crippen LogP contribution in [0.5, 0.6) is 0 Å². The van der Waals surface area contributed by atoms with E-state index in [0.29, 0.717) is 6.04 Å². The first-order valence-corrected chi connectivity index (χ1v) is 6.57. The summed E-state index contributed by atoms with van der Waals surface area (Å²) in [6.07, 6.45) is 2.42. The van der Waals surface area contributed by atoms with Crippen molar-refractivity contribution in [2.75, 3.05) is 0 Å². The number of nitrogens with one attached hydrogen (secondary N) is 3. The maximum absolute atomic E-state index is 11.6. The van der Waals surface area contributed by atoms with E-state index < -0.39 is 5.60 Å². The molecule has 2 rings (SSSR count). The third-order valence-corrected chi connectivity index (χ3v) is 2.98. The Balaban J connectivity index is 1.68. The van der Waals surface area contributed by atoms with Crippen LogP contribution in [0.3, 0.4) is 0 Å². The van der Waals surface area contributed by atoms with E-state index in [9.17, 15) is 4.79 Å². The molecule has 1 saturated carbocycles. The Labute approximate surface area is 113 Å². The lowest BCUT2D eigenvalue weighted by Crippen LogP contribution is -2.36. The Morgan fingerprint density at radius 2 is 2.26 bits per heavy atom. The Bertz CT molecular complexity index is 450. The van der Waals surface area contributed by atoms with Gasteiger partial charge in [0.15, 0.2) is 0 Å². The minimum absolute atomic E-state index is 0.169. The standard InChI is InChI=1S/C13H22N4O2/c1-8-9(7-15-17-8)6-14-10-5-11(10)16-12(18)19-13(2,3)4/h7,10-11,14H,5-6H2,1-4H3,(H,15,17)(H,16,18). The summed E-state index contributed by atoms with van der Waals surface area (Å²) in [4.78, 5) is 11.6. The van der Waals surface area contributed by atoms with E-state index in [0.717, 1.165) is 24.2 Å². The van der Waals surface area contributed by atoms with Crippen LogP contribution in [-0.4, -0.2) is 34.0 Å². The summed E-state index contributed by atoms with van der Waals surface area (Å²) >= 11 is 0. The molecule has 0 spiro atoms. The van der Waals surface area contributed by atoms with Crippen molar-refractivity contribution in [3.05, 3.63) is 17.5 Å². The zero-order valence-electron chi connectivity index (χ0n) is 11.9. The molecule has 2 unspecified atom stereocenters. The number of hydrogen-bond acceptors (Lipinski definition) is 4. The first-order chi connectivity index (χ1) is 8.85. The number of rotatable bonds is 4. The van der Waals surface area contributed by atoms with E-state index in [1.807, 2.05) is 33.9 Å². The summed E-state index contributed by atoms with van der Waals surface area (Å²) in [5.74, 6) is 0. The number of carbonyl (C=O) groups excluding carboxylic acids is 1. The van der Waals surface area contributed by atoms with Crippen LogP contribution in [0.2, 0.25) is 0 Å². The van der Waals surface area contributed by atoms with Crippen LogP contribution >= 0.6 is 0 Å². The van der Waals surface area contributed by atoms with E-state index in [-0.39, 0.29) is 12.1 Å². The summed E-state index contributed by atoms with van der Waals surface area (Å²) in [6, 6.07) is 0.490. The van der Waals surface area contributed by atoms with Gasteiger partial charge in [-0.25, -0.2) is 4.79 Å². The van der Waals surface area contributed by atoms with Gasteiger partial charge in [-0.05, 0) is 34.1 Å². The lowest BCUT2D eigenvalue weighted by Gasteiger charge is -2.19. The van der Waals surface area contributed by atoms with Gasteiger partial charge in [0.1, 0.15) is 5.60 Å². The monoisotopic (exact) mass is 266 g/mol. The van der Waals surface area contributed by atoms with Gasteiger partial charge in [-0.15, -0.1) is 0 Å². The summed E-state index contributed by atoms with van der Waals surface area (Å²) in [7, 11) is 0. The SMILES string of the molecule is Cc1[nH]ncc1CNC1CC1NC(=O)OC(C)(C)C. The zero-order chi connectivity index (χ0) is 14.0. The van der Waals surface area contributed by atoms with Gasteiger partial charge < -0.3 is 15.4 Å². The minimum atomic E-state index is -0.449. The van der Waals surface area contributed by atoms with Gasteiger partial charge in [-0.3, -0.25) is 5.10 Å². The van der Waals surface area contributed by atoms with Crippen molar-refractivity contribution in [3.8, 4) is 0 Å². The van der Waals surface area contributed by atoms with Crippen LogP contribution in [0.1, 0.15) is 38.4 Å². The van der Waals surface area contributed by atoms with Gasteiger partial charge in [-0.2, -0.15) is 5.10 Å². The Morgan fingerprint density at radius 1 is 1.53 bits per heavy atom. The molecule has 1 amide bonds. The maximum Gasteiger partial charge on any atom is 0.407 e. The van der Waals surface area contributed by atoms with Crippen molar-refractivity contribution in [3.63, 3.8) is 0 Å². The van der Waals surface area contributed by atoms with Gasteiger partial charge >= 0.3 is 6.09 Å². The average molecular weight is 266 g/mol. The number of ether oxygens (including phenoxy) is 1. The largest absolute Gasteiger partial charge is 0.444 e. The van der Waals surface area contributed by atoms with E-state index >= 15 is 0 Å². The fraction of sp³-hybridized carbons (Fsp3) is 0.692. The van der Waals surface area contributed by atoms with Crippen LogP contribution in [0, 0.1) is 6.92 Å². The molecule has 0 aromatic carbocycles. The summed E-state index contributed by atoms with van der Waals surface area (Å²) in [5.41, 5.74) is 1.78. The number of carbonyl (C=O) groups is 1. The molecule has 1 aliphatic rings. The number of alkyl carbamates (subject to hydrolysis) is 1. The molecule has 1 heterocycles. The molecule has 19 heavy (non-hydrogen) atoms. The Morgan fingerprint density at radius 3 is 2.84 bits per heavy atom. The fourth-order valence-corrected chi connectivity index (χ4v) is 1.83. The lowest BCUT2D eigenvalue weighted by molar-refractivity contribution is 0.0522. The second-order valence-electron chi connectivity index (χ2n) is 6.00. The number of aryl methyl sites for hydroxylation is 1. The molecule has 0 radical (unpaired) electrons. The second kappa shape index (κ2) is 5.21. The maximum atomic E-state index is 11.6. The highest BCUT2D eigenvalue weighted by molar-refractivity contribution is 5.68. The number of amides is 1. The summed E-state index contributed by atoms with van der Waals surface area (Å²) < 4.78 is 5.21. The highest BCUT2D eigenvalue weighted by Crippen LogP contribution is 2.22. The van der Waals surface area contributed by atoms with Gasteiger partial charge in [0.05, 0.1) is 6.20 Å². The first-order valence-electron chi connectivity index (χ1n) is 6.57. The van der Waals surface area contributed by atoms with Gasteiger partial charge in [0, 0.05) is 29.9 Å². The van der Waals surface area contributed by atoms with Crippen LogP contribution in [0.15, 0.2) is 6.20 Å². The molecule has 0 aliphatic heterocycles. The Hall–Kier alpha value is -1.56. The van der Waals surface area contributed by atoms with Crippen LogP contribution in [-0.2, 0) is 11.3 Å². The molecule has 0 bridgehead atoms. The second-order valence-corrected chi connectivity index (χ2v) is 6.00. The molecule has 1 fully saturated rings. The van der Waals surface area contributed by atoms with Gasteiger partial charge in [0.2, 0.25) is 0 Å². The van der Waals surface area contributed by atoms with Crippen LogP contribution < -0.4 is 10.6 Å². The van der Waals surface area contributed by atoms with Crippen LogP contribution in [0.4, 0.5) is 4.79 Å². The number of aromatic amines is 1. The van der Waals surface area contributed by atoms with Crippen molar-refractivity contribution in [1.29, 1.82) is 0 Å². The predicted octanol–water partition coefficient (Wildman–Crippen LogP) is 1.47. The van der Waals surface area contributed by atoms with Crippen molar-refractivity contribution in [2.45, 2.75) is 58.3 Å². The number of nitrogens with zero attached hydrogens (tertiary/aromatic N) is 1. The number of hydrogen-bond donors (Lipinski definition) is 3. The number of H-pyrrole nitrogens is 1. The van der Waals surface area contributed by atoms with E-state index in [2.05, 4.69) is 20.8 Å². The normalized spacial score (nSPS) is 22.1. The van der Waals surface area contributed by atoms with Crippen molar-refractivity contribution >= 4 is 6.09 Å². The lowest BCUT2D eigenvalue weighted by atomic mass is 10.2. The molecule has 1 aliphatic carbocycles. The van der Waals surface area contributed by atoms with E-state index in [4.69, 9.17) is 4.74 Å². The van der Waals surface area contributed by atoms with E-state index in [1.54, 1.807) is 0 Å². The number of aromatic nitrogens is 2. The highest BCUT2D eigenvalue weighted by Gasteiger charge is 2.38. The third kappa shape index (κ3) is 4.24. The third-order valence-electron chi connectivity index (χ3n) is 2.98. The molecule has 0 saturated heterocycles. The molecule has 1 aromatic heterocycles. The fourth-order valence-electron chi connectivity index (χ4n) is 1.83. The smallest absolute Gasteiger partial charge is 0.407 e.